The molecule has 0 bridgehead atoms. The summed E-state index contributed by atoms with van der Waals surface area (Å²) in [6, 6.07) is 0. The molecule has 1 atom stereocenters. The maximum Gasteiger partial charge on any atom is 0 e. The van der Waals surface area contributed by atoms with E-state index in [4.69, 9.17) is 0 Å². The van der Waals surface area contributed by atoms with Gasteiger partial charge in [0.15, 0.2) is 0 Å². The molecule has 0 aromatic rings. The molecule has 0 heterocycles. The average Bonchev–Trinajstić information content (AvgIpc) is 0. The quantitative estimate of drug-likeness (QED) is 0.344. The first-order valence-corrected chi connectivity index (χ1v) is 0. The van der Waals surface area contributed by atoms with Crippen LogP contribution in [-0.2, 0) is 0 Å². The fraction of sp³-hybridized carbons (Fsp3) is 1.00. The van der Waals surface area contributed by atoms with Crippen molar-refractivity contribution in [3.8, 4) is 0 Å². The molecule has 28 valence electrons. The van der Waals surface area contributed by atoms with E-state index >= 15 is 0 Å². The van der Waals surface area contributed by atoms with Gasteiger partial charge in [-0.15, -0.1) is 0 Å². The van der Waals surface area contributed by atoms with E-state index in [0.717, 1.165) is 0 Å². The lowest BCUT2D eigenvalue weighted by atomic mass is 12.0. The molecule has 0 saturated carbocycles. The van der Waals surface area contributed by atoms with Gasteiger partial charge in [0.1, 0.15) is 0 Å². The van der Waals surface area contributed by atoms with Gasteiger partial charge in [-0.25, -0.2) is 0 Å². The first-order valence-electron chi connectivity index (χ1n) is 0. The first-order chi connectivity index (χ1) is 0. The van der Waals surface area contributed by atoms with Gasteiger partial charge in [-0.2, -0.15) is 9.90 Å². The minimum atomic E-state index is 0. The summed E-state index contributed by atoms with van der Waals surface area (Å²) < 4.78 is 0. The van der Waals surface area contributed by atoms with Crippen LogP contribution in [0, 0.1) is 0 Å². The van der Waals surface area contributed by atoms with Crippen LogP contribution >= 0.6 is 9.90 Å². The highest BCUT2D eigenvalue weighted by molar-refractivity contribution is 6.92. The predicted molar refractivity (Wildman–Crippen MR) is 28.6 cm³/mol. The molecule has 0 fully saturated rings. The van der Waals surface area contributed by atoms with Gasteiger partial charge in [0.05, 0.1) is 0 Å². The maximum atomic E-state index is 0. The van der Waals surface area contributed by atoms with Crippen LogP contribution in [0.25, 0.3) is 0 Å². The van der Waals surface area contributed by atoms with Gasteiger partial charge in [0.25, 0.3) is 0 Å². The van der Waals surface area contributed by atoms with Crippen molar-refractivity contribution in [1.82, 2.24) is 6.15 Å². The van der Waals surface area contributed by atoms with Gasteiger partial charge < -0.3 is 6.15 Å². The van der Waals surface area contributed by atoms with Crippen LogP contribution < -0.4 is 6.15 Å². The highest BCUT2D eigenvalue weighted by Gasteiger charge is 0.0000226. The second kappa shape index (κ2) is 66.6. The Balaban J connectivity index is 0. The Bertz CT molecular complexity index is 8.00. The summed E-state index contributed by atoms with van der Waals surface area (Å²) in [5.41, 5.74) is 0. The molecule has 0 rings (SSSR count). The summed E-state index contributed by atoms with van der Waals surface area (Å²) >= 11 is 0. The molecule has 3 N–H and O–H groups in total. The normalized spacial score (nSPS) is 0. The van der Waals surface area contributed by atoms with Crippen molar-refractivity contribution in [1.29, 1.82) is 0 Å². The Kier molecular flexibility index (Phi) is 2710. The second-order valence-corrected chi connectivity index (χ2v) is 0. The Hall–Kier alpha value is 0.607. The first kappa shape index (κ1) is 163. The third kappa shape index (κ3) is 18.3. The molecule has 0 aromatic heterocycles. The summed E-state index contributed by atoms with van der Waals surface area (Å²) in [5.74, 6) is 0. The van der Waals surface area contributed by atoms with E-state index in [-0.39, 0.29) is 34.4 Å². The van der Waals surface area contributed by atoms with Crippen LogP contribution in [0.2, 0.25) is 0 Å². The molecule has 0 saturated heterocycles. The fourth-order valence-electron chi connectivity index (χ4n) is 0. The standard InChI is InChI=1S/CH4.H3N.H3P.Si/h1H4;2*1H3;. The fourth-order valence-corrected chi connectivity index (χ4v) is 0. The van der Waals surface area contributed by atoms with Crippen molar-refractivity contribution < 1.29 is 0 Å². The van der Waals surface area contributed by atoms with E-state index in [2.05, 4.69) is 0 Å². The molecule has 0 aromatic carbocycles. The van der Waals surface area contributed by atoms with Crippen LogP contribution in [0.1, 0.15) is 7.43 Å². The van der Waals surface area contributed by atoms with E-state index in [1.54, 1.807) is 0 Å². The molecule has 0 spiro atoms. The topological polar surface area (TPSA) is 35.0 Å². The zero-order valence-electron chi connectivity index (χ0n) is 1.91. The van der Waals surface area contributed by atoms with Gasteiger partial charge >= 0.3 is 0 Å². The van der Waals surface area contributed by atoms with E-state index < -0.39 is 0 Å². The molecule has 4 radical (unpaired) electrons. The van der Waals surface area contributed by atoms with Crippen LogP contribution in [0.3, 0.4) is 0 Å². The molecule has 4 heavy (non-hydrogen) atoms. The highest BCUT2D eigenvalue weighted by Crippen LogP contribution is 0.861. The zero-order valence-corrected chi connectivity index (χ0v) is 4.33. The van der Waals surface area contributed by atoms with Crippen molar-refractivity contribution in [2.75, 3.05) is 0 Å². The van der Waals surface area contributed by atoms with E-state index in [0.29, 0.717) is 0 Å². The van der Waals surface area contributed by atoms with E-state index in [9.17, 15) is 0 Å². The number of hydrogen-bond acceptors (Lipinski definition) is 1. The summed E-state index contributed by atoms with van der Waals surface area (Å²) in [5, 5.41) is 0. The van der Waals surface area contributed by atoms with Crippen LogP contribution in [0.4, 0.5) is 0 Å². The zero-order chi connectivity index (χ0) is 0. The van der Waals surface area contributed by atoms with Crippen molar-refractivity contribution in [2.24, 2.45) is 0 Å². The van der Waals surface area contributed by atoms with Gasteiger partial charge in [-0.1, -0.05) is 7.43 Å². The summed E-state index contributed by atoms with van der Waals surface area (Å²) in [4.78, 5) is 0. The summed E-state index contributed by atoms with van der Waals surface area (Å²) in [6.07, 6.45) is 0. The lowest BCUT2D eigenvalue weighted by Gasteiger charge is -0.344. The van der Waals surface area contributed by atoms with Gasteiger partial charge in [0.2, 0.25) is 0 Å². The summed E-state index contributed by atoms with van der Waals surface area (Å²) in [6.45, 7) is 0. The number of rotatable bonds is 0. The molecular weight excluding hydrogens is 85.1 g/mol. The Morgan fingerprint density at radius 3 is 1.00 bits per heavy atom. The third-order valence-electron chi connectivity index (χ3n) is 0. The van der Waals surface area contributed by atoms with Crippen LogP contribution in [-0.4, -0.2) is 11.0 Å². The molecule has 0 amide bonds. The van der Waals surface area contributed by atoms with Crippen LogP contribution in [0.15, 0.2) is 0 Å². The highest BCUT2D eigenvalue weighted by atomic mass is 31.0. The third-order valence-corrected chi connectivity index (χ3v) is 0. The molecule has 3 heteroatoms. The maximum absolute atomic E-state index is 0. The molecule has 1 nitrogen and oxygen atoms in total. The number of hydrogen-bond donors (Lipinski definition) is 1. The Morgan fingerprint density at radius 1 is 1.00 bits per heavy atom. The Morgan fingerprint density at radius 2 is 1.00 bits per heavy atom. The lowest BCUT2D eigenvalue weighted by Crippen LogP contribution is -0.481. The molecular formula is CH10NPSi. The van der Waals surface area contributed by atoms with E-state index in [1.165, 1.54) is 0 Å². The molecule has 0 aliphatic rings. The monoisotopic (exact) mass is 95.0 g/mol. The van der Waals surface area contributed by atoms with Gasteiger partial charge in [0, 0.05) is 11.0 Å². The van der Waals surface area contributed by atoms with Crippen molar-refractivity contribution in [2.45, 2.75) is 7.43 Å². The Labute approximate surface area is 35.4 Å². The van der Waals surface area contributed by atoms with E-state index in [1.807, 2.05) is 0 Å². The van der Waals surface area contributed by atoms with Crippen LogP contribution in [0.5, 0.6) is 0 Å². The largest absolute Gasteiger partial charge is 0.344 e. The smallest absolute Gasteiger partial charge is 0 e. The SMILES string of the molecule is C.N.P.[Si]. The predicted octanol–water partition coefficient (Wildman–Crippen LogP) is 0.475. The average molecular weight is 95.2 g/mol. The second-order valence-electron chi connectivity index (χ2n) is 0. The molecule has 1 unspecified atom stereocenters. The minimum Gasteiger partial charge on any atom is -0.344 e. The lowest BCUT2D eigenvalue weighted by molar-refractivity contribution is 2.13. The van der Waals surface area contributed by atoms with Crippen molar-refractivity contribution in [3.63, 3.8) is 0 Å². The van der Waals surface area contributed by atoms with Gasteiger partial charge in [-0.3, -0.25) is 0 Å². The van der Waals surface area contributed by atoms with Crippen molar-refractivity contribution >= 4 is 20.9 Å². The minimum absolute atomic E-state index is 0. The van der Waals surface area contributed by atoms with Crippen molar-refractivity contribution in [3.05, 3.63) is 0 Å². The molecule has 0 aliphatic carbocycles. The summed E-state index contributed by atoms with van der Waals surface area (Å²) in [7, 11) is 0. The molecule has 0 aliphatic heterocycles. The van der Waals surface area contributed by atoms with Gasteiger partial charge in [-0.05, 0) is 0 Å².